The fourth-order valence-electron chi connectivity index (χ4n) is 4.22. The number of thiophene rings is 1. The lowest BCUT2D eigenvalue weighted by molar-refractivity contribution is -0.137. The summed E-state index contributed by atoms with van der Waals surface area (Å²) >= 11 is 1.23. The molecule has 140 valence electrons. The van der Waals surface area contributed by atoms with Crippen molar-refractivity contribution in [1.82, 2.24) is 9.21 Å². The van der Waals surface area contributed by atoms with Gasteiger partial charge in [0.1, 0.15) is 4.21 Å². The van der Waals surface area contributed by atoms with Crippen LogP contribution in [-0.2, 0) is 14.8 Å². The number of rotatable bonds is 6. The number of carbonyl (C=O) groups is 1. The second-order valence-electron chi connectivity index (χ2n) is 7.20. The van der Waals surface area contributed by atoms with Gasteiger partial charge in [0, 0.05) is 32.6 Å². The smallest absolute Gasteiger partial charge is 0.252 e. The number of likely N-dealkylation sites (tertiary alicyclic amines) is 1. The molecule has 0 radical (unpaired) electrons. The largest absolute Gasteiger partial charge is 0.339 e. The van der Waals surface area contributed by atoms with Crippen LogP contribution in [0.4, 0.5) is 0 Å². The molecule has 1 aliphatic carbocycles. The van der Waals surface area contributed by atoms with E-state index in [0.29, 0.717) is 35.6 Å². The summed E-state index contributed by atoms with van der Waals surface area (Å²) in [4.78, 5) is 14.8. The van der Waals surface area contributed by atoms with Crippen molar-refractivity contribution in [2.45, 2.75) is 61.6 Å². The first-order valence-corrected chi connectivity index (χ1v) is 11.6. The highest BCUT2D eigenvalue weighted by atomic mass is 32.2. The van der Waals surface area contributed by atoms with Gasteiger partial charge in [-0.25, -0.2) is 12.7 Å². The van der Waals surface area contributed by atoms with Crippen molar-refractivity contribution < 1.29 is 13.2 Å². The molecule has 2 heterocycles. The van der Waals surface area contributed by atoms with Crippen LogP contribution in [0.25, 0.3) is 0 Å². The van der Waals surface area contributed by atoms with Gasteiger partial charge in [-0.1, -0.05) is 18.9 Å². The maximum absolute atomic E-state index is 12.7. The molecule has 1 saturated heterocycles. The predicted octanol–water partition coefficient (Wildman–Crippen LogP) is 3.33. The molecule has 0 N–H and O–H groups in total. The van der Waals surface area contributed by atoms with Gasteiger partial charge in [0.25, 0.3) is 10.0 Å². The average Bonchev–Trinajstić information content (AvgIpc) is 3.16. The molecular formula is C18H28N2O3S2. The standard InChI is InChI=1S/C18H28N2O3S2/c1-19(25(22,23)18-11-6-14-24-18)12-5-10-17(21)20-13-4-8-15-7-2-3-9-16(15)20/h6,11,14-16H,2-5,7-10,12-13H2,1H3. The topological polar surface area (TPSA) is 57.7 Å². The first kappa shape index (κ1) is 18.9. The lowest BCUT2D eigenvalue weighted by Gasteiger charge is -2.44. The number of nitrogens with zero attached hydrogens (tertiary/aromatic N) is 2. The Labute approximate surface area is 155 Å². The number of sulfonamides is 1. The van der Waals surface area contributed by atoms with Gasteiger partial charge in [-0.15, -0.1) is 11.3 Å². The molecular weight excluding hydrogens is 356 g/mol. The maximum atomic E-state index is 12.7. The van der Waals surface area contributed by atoms with E-state index in [2.05, 4.69) is 4.90 Å². The van der Waals surface area contributed by atoms with Crippen LogP contribution in [0.3, 0.4) is 0 Å². The van der Waals surface area contributed by atoms with E-state index >= 15 is 0 Å². The van der Waals surface area contributed by atoms with E-state index in [4.69, 9.17) is 0 Å². The monoisotopic (exact) mass is 384 g/mol. The summed E-state index contributed by atoms with van der Waals surface area (Å²) in [6.45, 7) is 1.26. The molecule has 7 heteroatoms. The van der Waals surface area contributed by atoms with Gasteiger partial charge in [-0.05, 0) is 49.5 Å². The van der Waals surface area contributed by atoms with Crippen LogP contribution >= 0.6 is 11.3 Å². The predicted molar refractivity (Wildman–Crippen MR) is 100 cm³/mol. The second-order valence-corrected chi connectivity index (χ2v) is 10.4. The van der Waals surface area contributed by atoms with Crippen molar-refractivity contribution >= 4 is 27.3 Å². The van der Waals surface area contributed by atoms with Gasteiger partial charge in [0.15, 0.2) is 0 Å². The molecule has 1 amide bonds. The molecule has 2 aliphatic rings. The van der Waals surface area contributed by atoms with E-state index in [1.54, 1.807) is 24.6 Å². The van der Waals surface area contributed by atoms with Crippen LogP contribution in [0.5, 0.6) is 0 Å². The Morgan fingerprint density at radius 2 is 2.04 bits per heavy atom. The Kier molecular flexibility index (Phi) is 6.17. The summed E-state index contributed by atoms with van der Waals surface area (Å²) in [5.41, 5.74) is 0. The molecule has 1 aromatic rings. The molecule has 1 aliphatic heterocycles. The zero-order chi connectivity index (χ0) is 17.9. The molecule has 1 saturated carbocycles. The third kappa shape index (κ3) is 4.26. The fourth-order valence-corrected chi connectivity index (χ4v) is 6.63. The van der Waals surface area contributed by atoms with Crippen molar-refractivity contribution in [3.8, 4) is 0 Å². The molecule has 5 nitrogen and oxygen atoms in total. The van der Waals surface area contributed by atoms with E-state index in [-0.39, 0.29) is 5.91 Å². The third-order valence-electron chi connectivity index (χ3n) is 5.59. The number of hydrogen-bond acceptors (Lipinski definition) is 4. The van der Waals surface area contributed by atoms with Gasteiger partial charge < -0.3 is 4.90 Å². The number of amides is 1. The van der Waals surface area contributed by atoms with Crippen molar-refractivity contribution in [2.24, 2.45) is 5.92 Å². The Morgan fingerprint density at radius 3 is 2.80 bits per heavy atom. The lowest BCUT2D eigenvalue weighted by atomic mass is 9.78. The van der Waals surface area contributed by atoms with Crippen LogP contribution in [-0.4, -0.2) is 49.7 Å². The highest BCUT2D eigenvalue weighted by Gasteiger charge is 2.35. The summed E-state index contributed by atoms with van der Waals surface area (Å²) in [5.74, 6) is 0.895. The summed E-state index contributed by atoms with van der Waals surface area (Å²) in [6, 6.07) is 3.80. The molecule has 2 fully saturated rings. The van der Waals surface area contributed by atoms with E-state index < -0.39 is 10.0 Å². The number of piperidine rings is 1. The minimum atomic E-state index is -3.41. The lowest BCUT2D eigenvalue weighted by Crippen LogP contribution is -2.49. The summed E-state index contributed by atoms with van der Waals surface area (Å²) in [6.07, 6.45) is 8.32. The molecule has 2 unspecified atom stereocenters. The van der Waals surface area contributed by atoms with Crippen LogP contribution in [0.2, 0.25) is 0 Å². The van der Waals surface area contributed by atoms with Gasteiger partial charge >= 0.3 is 0 Å². The second kappa shape index (κ2) is 8.18. The highest BCUT2D eigenvalue weighted by Crippen LogP contribution is 2.35. The van der Waals surface area contributed by atoms with Gasteiger partial charge in [-0.2, -0.15) is 0 Å². The molecule has 0 bridgehead atoms. The molecule has 2 atom stereocenters. The molecule has 0 spiro atoms. The van der Waals surface area contributed by atoms with Gasteiger partial charge in [0.2, 0.25) is 5.91 Å². The zero-order valence-electron chi connectivity index (χ0n) is 14.9. The SMILES string of the molecule is CN(CCCC(=O)N1CCCC2CCCCC21)S(=O)(=O)c1cccs1. The molecule has 0 aromatic carbocycles. The zero-order valence-corrected chi connectivity index (χ0v) is 16.5. The highest BCUT2D eigenvalue weighted by molar-refractivity contribution is 7.91. The van der Waals surface area contributed by atoms with Gasteiger partial charge in [-0.3, -0.25) is 4.79 Å². The van der Waals surface area contributed by atoms with Crippen molar-refractivity contribution in [3.05, 3.63) is 17.5 Å². The number of fused-ring (bicyclic) bond motifs is 1. The quantitative estimate of drug-likeness (QED) is 0.756. The summed E-state index contributed by atoms with van der Waals surface area (Å²) in [5, 5.41) is 1.77. The fraction of sp³-hybridized carbons (Fsp3) is 0.722. The average molecular weight is 385 g/mol. The van der Waals surface area contributed by atoms with E-state index in [1.165, 1.54) is 41.3 Å². The van der Waals surface area contributed by atoms with E-state index in [0.717, 1.165) is 19.4 Å². The van der Waals surface area contributed by atoms with Gasteiger partial charge in [0.05, 0.1) is 0 Å². The summed E-state index contributed by atoms with van der Waals surface area (Å²) in [7, 11) is -1.82. The van der Waals surface area contributed by atoms with Crippen molar-refractivity contribution in [3.63, 3.8) is 0 Å². The third-order valence-corrected chi connectivity index (χ3v) is 8.82. The first-order valence-electron chi connectivity index (χ1n) is 9.29. The Morgan fingerprint density at radius 1 is 1.28 bits per heavy atom. The van der Waals surface area contributed by atoms with Crippen molar-refractivity contribution in [2.75, 3.05) is 20.1 Å². The minimum Gasteiger partial charge on any atom is -0.339 e. The maximum Gasteiger partial charge on any atom is 0.252 e. The Balaban J connectivity index is 1.50. The summed E-state index contributed by atoms with van der Waals surface area (Å²) < 4.78 is 26.5. The van der Waals surface area contributed by atoms with E-state index in [1.807, 2.05) is 0 Å². The normalized spacial score (nSPS) is 24.3. The first-order chi connectivity index (χ1) is 12.0. The molecule has 3 rings (SSSR count). The molecule has 1 aromatic heterocycles. The van der Waals surface area contributed by atoms with E-state index in [9.17, 15) is 13.2 Å². The van der Waals surface area contributed by atoms with Crippen LogP contribution < -0.4 is 0 Å². The Hall–Kier alpha value is -0.920. The number of carbonyl (C=O) groups excluding carboxylic acids is 1. The molecule has 25 heavy (non-hydrogen) atoms. The van der Waals surface area contributed by atoms with Crippen LogP contribution in [0.1, 0.15) is 51.4 Å². The van der Waals surface area contributed by atoms with Crippen molar-refractivity contribution in [1.29, 1.82) is 0 Å². The van der Waals surface area contributed by atoms with Crippen LogP contribution in [0, 0.1) is 5.92 Å². The number of hydrogen-bond donors (Lipinski definition) is 0. The minimum absolute atomic E-state index is 0.207. The Bertz CT molecular complexity index is 671. The van der Waals surface area contributed by atoms with Crippen LogP contribution in [0.15, 0.2) is 21.7 Å².